The van der Waals surface area contributed by atoms with Gasteiger partial charge in [0, 0.05) is 19.2 Å². The second-order valence-electron chi connectivity index (χ2n) is 5.01. The van der Waals surface area contributed by atoms with Crippen molar-refractivity contribution in [1.82, 2.24) is 4.90 Å². The van der Waals surface area contributed by atoms with Crippen molar-refractivity contribution >= 4 is 5.91 Å². The summed E-state index contributed by atoms with van der Waals surface area (Å²) in [6, 6.07) is 12.8. The van der Waals surface area contributed by atoms with Gasteiger partial charge in [-0.15, -0.1) is 0 Å². The molecule has 0 saturated heterocycles. The SMILES string of the molecule is COc1ccccc1C(=O)N(C)Cc1cccc(OC)c1OC. The van der Waals surface area contributed by atoms with Crippen LogP contribution in [0.15, 0.2) is 42.5 Å². The summed E-state index contributed by atoms with van der Waals surface area (Å²) in [6.07, 6.45) is 0. The van der Waals surface area contributed by atoms with Crippen molar-refractivity contribution in [3.63, 3.8) is 0 Å². The van der Waals surface area contributed by atoms with Gasteiger partial charge in [0.25, 0.3) is 5.91 Å². The summed E-state index contributed by atoms with van der Waals surface area (Å²) in [6.45, 7) is 0.400. The van der Waals surface area contributed by atoms with Crippen molar-refractivity contribution in [2.45, 2.75) is 6.54 Å². The maximum atomic E-state index is 12.7. The number of methoxy groups -OCH3 is 3. The van der Waals surface area contributed by atoms with E-state index in [0.29, 0.717) is 29.4 Å². The normalized spacial score (nSPS) is 10.1. The largest absolute Gasteiger partial charge is 0.496 e. The standard InChI is InChI=1S/C18H21NO4/c1-19(18(20)14-9-5-6-10-15(14)21-2)12-13-8-7-11-16(22-3)17(13)23-4/h5-11H,12H2,1-4H3. The Labute approximate surface area is 136 Å². The molecule has 5 heteroatoms. The molecule has 0 heterocycles. The third-order valence-electron chi connectivity index (χ3n) is 3.58. The minimum Gasteiger partial charge on any atom is -0.496 e. The fourth-order valence-electron chi connectivity index (χ4n) is 2.43. The first kappa shape index (κ1) is 16.7. The van der Waals surface area contributed by atoms with Crippen molar-refractivity contribution in [3.8, 4) is 17.2 Å². The highest BCUT2D eigenvalue weighted by Gasteiger charge is 2.18. The highest BCUT2D eigenvalue weighted by molar-refractivity contribution is 5.96. The number of rotatable bonds is 6. The molecular formula is C18H21NO4. The van der Waals surface area contributed by atoms with E-state index in [1.165, 1.54) is 0 Å². The molecule has 0 fully saturated rings. The van der Waals surface area contributed by atoms with Gasteiger partial charge in [0.05, 0.1) is 26.9 Å². The molecule has 1 amide bonds. The predicted molar refractivity (Wildman–Crippen MR) is 88.3 cm³/mol. The molecule has 0 spiro atoms. The van der Waals surface area contributed by atoms with Crippen LogP contribution in [0.2, 0.25) is 0 Å². The van der Waals surface area contributed by atoms with Crippen LogP contribution in [0.25, 0.3) is 0 Å². The van der Waals surface area contributed by atoms with Gasteiger partial charge in [0.2, 0.25) is 0 Å². The van der Waals surface area contributed by atoms with Crippen molar-refractivity contribution < 1.29 is 19.0 Å². The number of nitrogens with zero attached hydrogens (tertiary/aromatic N) is 1. The molecule has 0 bridgehead atoms. The molecule has 0 radical (unpaired) electrons. The lowest BCUT2D eigenvalue weighted by Gasteiger charge is -2.20. The zero-order valence-corrected chi connectivity index (χ0v) is 13.8. The van der Waals surface area contributed by atoms with Crippen molar-refractivity contribution in [2.24, 2.45) is 0 Å². The Morgan fingerprint density at radius 1 is 0.913 bits per heavy atom. The Kier molecular flexibility index (Phi) is 5.46. The van der Waals surface area contributed by atoms with Crippen LogP contribution >= 0.6 is 0 Å². The topological polar surface area (TPSA) is 48.0 Å². The summed E-state index contributed by atoms with van der Waals surface area (Å²) in [4.78, 5) is 14.3. The van der Waals surface area contributed by atoms with Gasteiger partial charge in [0.15, 0.2) is 11.5 Å². The van der Waals surface area contributed by atoms with E-state index in [1.54, 1.807) is 45.4 Å². The maximum absolute atomic E-state index is 12.7. The molecule has 0 saturated carbocycles. The Morgan fingerprint density at radius 3 is 2.22 bits per heavy atom. The summed E-state index contributed by atoms with van der Waals surface area (Å²) in [5.74, 6) is 1.71. The van der Waals surface area contributed by atoms with Gasteiger partial charge in [-0.2, -0.15) is 0 Å². The van der Waals surface area contributed by atoms with Gasteiger partial charge >= 0.3 is 0 Å². The third-order valence-corrected chi connectivity index (χ3v) is 3.58. The van der Waals surface area contributed by atoms with Crippen LogP contribution in [0.3, 0.4) is 0 Å². The fourth-order valence-corrected chi connectivity index (χ4v) is 2.43. The van der Waals surface area contributed by atoms with Gasteiger partial charge in [-0.25, -0.2) is 0 Å². The lowest BCUT2D eigenvalue weighted by molar-refractivity contribution is 0.0780. The summed E-state index contributed by atoms with van der Waals surface area (Å²) in [7, 11) is 6.47. The lowest BCUT2D eigenvalue weighted by Crippen LogP contribution is -2.26. The summed E-state index contributed by atoms with van der Waals surface area (Å²) < 4.78 is 16.0. The molecule has 0 aliphatic rings. The highest BCUT2D eigenvalue weighted by atomic mass is 16.5. The maximum Gasteiger partial charge on any atom is 0.257 e. The average molecular weight is 315 g/mol. The van der Waals surface area contributed by atoms with Crippen molar-refractivity contribution in [1.29, 1.82) is 0 Å². The van der Waals surface area contributed by atoms with Gasteiger partial charge in [-0.1, -0.05) is 24.3 Å². The smallest absolute Gasteiger partial charge is 0.257 e. The third kappa shape index (κ3) is 3.56. The number of benzene rings is 2. The van der Waals surface area contributed by atoms with E-state index in [9.17, 15) is 4.79 Å². The van der Waals surface area contributed by atoms with Crippen molar-refractivity contribution in [3.05, 3.63) is 53.6 Å². The molecule has 23 heavy (non-hydrogen) atoms. The first-order chi connectivity index (χ1) is 11.1. The second kappa shape index (κ2) is 7.54. The molecule has 122 valence electrons. The molecule has 0 aliphatic carbocycles. The number of hydrogen-bond acceptors (Lipinski definition) is 4. The lowest BCUT2D eigenvalue weighted by atomic mass is 10.1. The Balaban J connectivity index is 2.25. The van der Waals surface area contributed by atoms with Gasteiger partial charge in [0.1, 0.15) is 5.75 Å². The molecule has 0 atom stereocenters. The van der Waals surface area contributed by atoms with Crippen LogP contribution < -0.4 is 14.2 Å². The summed E-state index contributed by atoms with van der Waals surface area (Å²) in [5.41, 5.74) is 1.40. The van der Waals surface area contributed by atoms with Crippen LogP contribution in [0.1, 0.15) is 15.9 Å². The molecule has 2 aromatic rings. The van der Waals surface area contributed by atoms with E-state index in [4.69, 9.17) is 14.2 Å². The molecular weight excluding hydrogens is 294 g/mol. The van der Waals surface area contributed by atoms with E-state index < -0.39 is 0 Å². The Hall–Kier alpha value is -2.69. The number of carbonyl (C=O) groups excluding carboxylic acids is 1. The van der Waals surface area contributed by atoms with Crippen LogP contribution in [0.5, 0.6) is 17.2 Å². The van der Waals surface area contributed by atoms with Gasteiger partial charge in [-0.05, 0) is 18.2 Å². The number of amides is 1. The van der Waals surface area contributed by atoms with Crippen LogP contribution in [0, 0.1) is 0 Å². The quantitative estimate of drug-likeness (QED) is 0.822. The summed E-state index contributed by atoms with van der Waals surface area (Å²) in [5, 5.41) is 0. The van der Waals surface area contributed by atoms with Crippen LogP contribution in [0.4, 0.5) is 0 Å². The van der Waals surface area contributed by atoms with Gasteiger partial charge < -0.3 is 19.1 Å². The number of hydrogen-bond donors (Lipinski definition) is 0. The van der Waals surface area contributed by atoms with E-state index in [2.05, 4.69) is 0 Å². The Bertz CT molecular complexity index is 684. The van der Waals surface area contributed by atoms with Crippen LogP contribution in [-0.4, -0.2) is 39.2 Å². The zero-order chi connectivity index (χ0) is 16.8. The minimum absolute atomic E-state index is 0.118. The average Bonchev–Trinajstić information content (AvgIpc) is 2.60. The second-order valence-corrected chi connectivity index (χ2v) is 5.01. The molecule has 5 nitrogen and oxygen atoms in total. The molecule has 0 unspecified atom stereocenters. The van der Waals surface area contributed by atoms with E-state index in [0.717, 1.165) is 5.56 Å². The molecule has 2 rings (SSSR count). The number of carbonyl (C=O) groups is 1. The number of ether oxygens (including phenoxy) is 3. The molecule has 0 aliphatic heterocycles. The minimum atomic E-state index is -0.118. The monoisotopic (exact) mass is 315 g/mol. The van der Waals surface area contributed by atoms with Crippen molar-refractivity contribution in [2.75, 3.05) is 28.4 Å². The zero-order valence-electron chi connectivity index (χ0n) is 13.8. The Morgan fingerprint density at radius 2 is 1.57 bits per heavy atom. The van der Waals surface area contributed by atoms with E-state index in [1.807, 2.05) is 30.3 Å². The van der Waals surface area contributed by atoms with Gasteiger partial charge in [-0.3, -0.25) is 4.79 Å². The van der Waals surface area contributed by atoms with Crippen LogP contribution in [-0.2, 0) is 6.54 Å². The van der Waals surface area contributed by atoms with E-state index in [-0.39, 0.29) is 5.91 Å². The predicted octanol–water partition coefficient (Wildman–Crippen LogP) is 2.98. The number of para-hydroxylation sites is 2. The van der Waals surface area contributed by atoms with E-state index >= 15 is 0 Å². The summed E-state index contributed by atoms with van der Waals surface area (Å²) >= 11 is 0. The molecule has 2 aromatic carbocycles. The first-order valence-corrected chi connectivity index (χ1v) is 7.20. The first-order valence-electron chi connectivity index (χ1n) is 7.20. The molecule has 0 aromatic heterocycles. The molecule has 0 N–H and O–H groups in total. The fraction of sp³-hybridized carbons (Fsp3) is 0.278. The highest BCUT2D eigenvalue weighted by Crippen LogP contribution is 2.31.